The normalized spacial score (nSPS) is 14.8. The lowest BCUT2D eigenvalue weighted by atomic mass is 10.0. The molecule has 0 radical (unpaired) electrons. The maximum atomic E-state index is 13.5. The average Bonchev–Trinajstić information content (AvgIpc) is 3.82. The van der Waals surface area contributed by atoms with E-state index in [2.05, 4.69) is 31.6 Å². The number of fused-ring (bicyclic) bond motifs is 2. The highest BCUT2D eigenvalue weighted by molar-refractivity contribution is 7.17. The van der Waals surface area contributed by atoms with Gasteiger partial charge in [0.1, 0.15) is 6.04 Å². The Morgan fingerprint density at radius 2 is 1.49 bits per heavy atom. The van der Waals surface area contributed by atoms with Crippen LogP contribution in [0.1, 0.15) is 110 Å². The van der Waals surface area contributed by atoms with Gasteiger partial charge in [-0.3, -0.25) is 34.1 Å². The first kappa shape index (κ1) is 40.8. The number of aromatic nitrogens is 1. The van der Waals surface area contributed by atoms with E-state index >= 15 is 0 Å². The third-order valence-corrected chi connectivity index (χ3v) is 11.7. The lowest BCUT2D eigenvalue weighted by Gasteiger charge is -2.29. The molecule has 0 spiro atoms. The van der Waals surface area contributed by atoms with Crippen LogP contribution >= 0.6 is 11.3 Å². The Morgan fingerprint density at radius 1 is 0.797 bits per heavy atom. The summed E-state index contributed by atoms with van der Waals surface area (Å²) in [6.07, 6.45) is 8.71. The van der Waals surface area contributed by atoms with E-state index in [4.69, 9.17) is 0 Å². The number of carbonyl (C=O) groups is 6. The van der Waals surface area contributed by atoms with Crippen LogP contribution in [0.5, 0.6) is 0 Å². The molecule has 13 nitrogen and oxygen atoms in total. The Kier molecular flexibility index (Phi) is 13.1. The number of carbonyl (C=O) groups excluding carboxylic acids is 6. The average molecular weight is 814 g/mol. The van der Waals surface area contributed by atoms with Gasteiger partial charge < -0.3 is 26.2 Å². The Bertz CT molecular complexity index is 2410. The molecule has 2 aliphatic heterocycles. The SMILES string of the molecule is Cc1ccccc1Nc1ncc(C(=O)NCCCCCCCCCNC(=O)c2ccc3c(c2)CN(C2CCC(=O)NC2=O)C3=O)cc1NC(=O)c1csc2ccccc12. The minimum Gasteiger partial charge on any atom is -0.352 e. The molecule has 304 valence electrons. The summed E-state index contributed by atoms with van der Waals surface area (Å²) in [4.78, 5) is 82.3. The van der Waals surface area contributed by atoms with Gasteiger partial charge in [0.05, 0.1) is 16.8 Å². The van der Waals surface area contributed by atoms with Crippen LogP contribution in [0.3, 0.4) is 0 Å². The van der Waals surface area contributed by atoms with E-state index in [9.17, 15) is 28.8 Å². The Labute approximate surface area is 346 Å². The molecule has 14 heteroatoms. The van der Waals surface area contributed by atoms with Gasteiger partial charge in [-0.2, -0.15) is 0 Å². The van der Waals surface area contributed by atoms with Crippen molar-refractivity contribution in [3.63, 3.8) is 0 Å². The van der Waals surface area contributed by atoms with E-state index < -0.39 is 11.9 Å². The topological polar surface area (TPSA) is 179 Å². The molecular formula is C45H47N7O6S. The molecule has 1 fully saturated rings. The number of pyridine rings is 1. The number of amides is 6. The fourth-order valence-corrected chi connectivity index (χ4v) is 8.37. The number of aryl methyl sites for hydroxylation is 1. The van der Waals surface area contributed by atoms with Crippen molar-refractivity contribution in [2.24, 2.45) is 0 Å². The number of anilines is 3. The molecule has 5 N–H and O–H groups in total. The minimum absolute atomic E-state index is 0.189. The quantitative estimate of drug-likeness (QED) is 0.0481. The number of benzene rings is 3. The first-order chi connectivity index (χ1) is 28.7. The van der Waals surface area contributed by atoms with Crippen molar-refractivity contribution < 1.29 is 28.8 Å². The van der Waals surface area contributed by atoms with Crippen molar-refractivity contribution >= 4 is 74.1 Å². The second kappa shape index (κ2) is 18.9. The summed E-state index contributed by atoms with van der Waals surface area (Å²) in [6, 6.07) is 21.5. The van der Waals surface area contributed by atoms with Crippen LogP contribution in [0.25, 0.3) is 10.1 Å². The maximum Gasteiger partial charge on any atom is 0.257 e. The van der Waals surface area contributed by atoms with Crippen molar-refractivity contribution in [1.29, 1.82) is 0 Å². The van der Waals surface area contributed by atoms with Gasteiger partial charge in [0.25, 0.3) is 23.6 Å². The molecule has 2 aromatic heterocycles. The summed E-state index contributed by atoms with van der Waals surface area (Å²) in [6.45, 7) is 3.26. The number of rotatable bonds is 17. The summed E-state index contributed by atoms with van der Waals surface area (Å²) in [5.41, 5.74) is 4.80. The van der Waals surface area contributed by atoms with Crippen molar-refractivity contribution in [3.8, 4) is 0 Å². The molecule has 1 atom stereocenters. The summed E-state index contributed by atoms with van der Waals surface area (Å²) in [5.74, 6) is -1.38. The van der Waals surface area contributed by atoms with Crippen LogP contribution < -0.4 is 26.6 Å². The standard InChI is InChI=1S/C45H47N7O6S/c1-28-13-7-9-15-35(28)49-40-36(50-43(56)34-27-59-38-16-10-8-14-33(34)38)24-30(25-48-40)42(55)47-22-12-6-4-2-3-5-11-21-46-41(54)29-17-18-32-31(23-29)26-52(45(32)58)37-19-20-39(53)51-44(37)57/h7-10,13-18,23-25,27,37H,2-6,11-12,19-22,26H2,1H3,(H,46,54)(H,47,55)(H,48,49)(H,50,56)(H,51,53,57). The maximum absolute atomic E-state index is 13.5. The number of imide groups is 1. The molecule has 4 heterocycles. The number of hydrogen-bond donors (Lipinski definition) is 5. The molecule has 0 bridgehead atoms. The largest absolute Gasteiger partial charge is 0.352 e. The second-order valence-corrected chi connectivity index (χ2v) is 15.8. The van der Waals surface area contributed by atoms with E-state index in [0.29, 0.717) is 52.4 Å². The molecule has 7 rings (SSSR count). The number of thiophene rings is 1. The Hall–Kier alpha value is -6.41. The highest BCUT2D eigenvalue weighted by Gasteiger charge is 2.39. The van der Waals surface area contributed by atoms with Gasteiger partial charge in [0.15, 0.2) is 5.82 Å². The number of unbranched alkanes of at least 4 members (excludes halogenated alkanes) is 6. The van der Waals surface area contributed by atoms with Crippen molar-refractivity contribution in [1.82, 2.24) is 25.8 Å². The zero-order valence-corrected chi connectivity index (χ0v) is 33.7. The molecule has 1 saturated heterocycles. The highest BCUT2D eigenvalue weighted by Crippen LogP contribution is 2.31. The second-order valence-electron chi connectivity index (χ2n) is 14.9. The third kappa shape index (κ3) is 9.83. The number of nitrogens with zero attached hydrogens (tertiary/aromatic N) is 2. The fraction of sp³-hybridized carbons (Fsp3) is 0.311. The van der Waals surface area contributed by atoms with Crippen LogP contribution in [0.15, 0.2) is 84.4 Å². The van der Waals surface area contributed by atoms with Crippen LogP contribution in [0.4, 0.5) is 17.2 Å². The van der Waals surface area contributed by atoms with E-state index in [1.807, 2.05) is 60.8 Å². The zero-order chi connectivity index (χ0) is 41.3. The Morgan fingerprint density at radius 3 is 2.24 bits per heavy atom. The predicted octanol–water partition coefficient (Wildman–Crippen LogP) is 7.25. The summed E-state index contributed by atoms with van der Waals surface area (Å²) < 4.78 is 1.02. The minimum atomic E-state index is -0.693. The first-order valence-electron chi connectivity index (χ1n) is 20.1. The van der Waals surface area contributed by atoms with Crippen LogP contribution in [-0.2, 0) is 16.1 Å². The van der Waals surface area contributed by atoms with Crippen LogP contribution in [0, 0.1) is 6.92 Å². The molecule has 2 aliphatic rings. The number of hydrogen-bond acceptors (Lipinski definition) is 9. The molecular weight excluding hydrogens is 767 g/mol. The summed E-state index contributed by atoms with van der Waals surface area (Å²) in [7, 11) is 0. The summed E-state index contributed by atoms with van der Waals surface area (Å²) >= 11 is 1.50. The predicted molar refractivity (Wildman–Crippen MR) is 228 cm³/mol. The molecule has 3 aromatic carbocycles. The van der Waals surface area contributed by atoms with Gasteiger partial charge in [0.2, 0.25) is 11.8 Å². The van der Waals surface area contributed by atoms with Crippen molar-refractivity contribution in [2.45, 2.75) is 77.3 Å². The van der Waals surface area contributed by atoms with E-state index in [-0.39, 0.29) is 48.9 Å². The van der Waals surface area contributed by atoms with Crippen molar-refractivity contribution in [3.05, 3.63) is 118 Å². The molecule has 0 aliphatic carbocycles. The Balaban J connectivity index is 0.808. The molecule has 6 amide bonds. The van der Waals surface area contributed by atoms with Crippen LogP contribution in [-0.4, -0.2) is 64.5 Å². The third-order valence-electron chi connectivity index (χ3n) is 10.7. The van der Waals surface area contributed by atoms with Crippen molar-refractivity contribution in [2.75, 3.05) is 23.7 Å². The lowest BCUT2D eigenvalue weighted by Crippen LogP contribution is -2.52. The lowest BCUT2D eigenvalue weighted by molar-refractivity contribution is -0.136. The van der Waals surface area contributed by atoms with Crippen LogP contribution in [0.2, 0.25) is 0 Å². The zero-order valence-electron chi connectivity index (χ0n) is 32.9. The number of para-hydroxylation sites is 1. The molecule has 59 heavy (non-hydrogen) atoms. The van der Waals surface area contributed by atoms with Gasteiger partial charge in [0, 0.05) is 64.5 Å². The molecule has 0 saturated carbocycles. The van der Waals surface area contributed by atoms with E-state index in [1.165, 1.54) is 22.4 Å². The van der Waals surface area contributed by atoms with E-state index in [0.717, 1.165) is 66.3 Å². The highest BCUT2D eigenvalue weighted by atomic mass is 32.1. The van der Waals surface area contributed by atoms with E-state index in [1.54, 1.807) is 24.3 Å². The fourth-order valence-electron chi connectivity index (χ4n) is 7.43. The van der Waals surface area contributed by atoms with Gasteiger partial charge in [-0.25, -0.2) is 4.98 Å². The van der Waals surface area contributed by atoms with Gasteiger partial charge in [-0.1, -0.05) is 68.5 Å². The van der Waals surface area contributed by atoms with Gasteiger partial charge in [-0.15, -0.1) is 11.3 Å². The molecule has 1 unspecified atom stereocenters. The molecule has 5 aromatic rings. The number of nitrogens with one attached hydrogen (secondary N) is 5. The monoisotopic (exact) mass is 813 g/mol. The first-order valence-corrected chi connectivity index (χ1v) is 21.0. The smallest absolute Gasteiger partial charge is 0.257 e. The van der Waals surface area contributed by atoms with Gasteiger partial charge >= 0.3 is 0 Å². The summed E-state index contributed by atoms with van der Waals surface area (Å²) in [5, 5.41) is 17.3. The van der Waals surface area contributed by atoms with Gasteiger partial charge in [-0.05, 0) is 73.7 Å². The number of piperidine rings is 1.